The van der Waals surface area contributed by atoms with Crippen molar-refractivity contribution in [2.75, 3.05) is 19.1 Å². The van der Waals surface area contributed by atoms with Crippen LogP contribution in [0.2, 0.25) is 0 Å². The van der Waals surface area contributed by atoms with Crippen molar-refractivity contribution in [1.29, 1.82) is 0 Å². The van der Waals surface area contributed by atoms with E-state index in [0.29, 0.717) is 29.8 Å². The Balaban J connectivity index is 1.63. The van der Waals surface area contributed by atoms with Crippen LogP contribution < -0.4 is 9.64 Å². The predicted molar refractivity (Wildman–Crippen MR) is 145 cm³/mol. The zero-order valence-corrected chi connectivity index (χ0v) is 21.7. The van der Waals surface area contributed by atoms with Crippen LogP contribution in [0.3, 0.4) is 0 Å². The molecule has 2 aliphatic rings. The first-order valence-corrected chi connectivity index (χ1v) is 12.8. The average molecular weight is 511 g/mol. The number of carbonyl (C=O) groups excluding carboxylic acids is 3. The van der Waals surface area contributed by atoms with Gasteiger partial charge in [-0.1, -0.05) is 43.3 Å². The van der Waals surface area contributed by atoms with E-state index in [4.69, 9.17) is 14.5 Å². The van der Waals surface area contributed by atoms with E-state index in [2.05, 4.69) is 0 Å². The first-order chi connectivity index (χ1) is 18.4. The molecule has 194 valence electrons. The van der Waals surface area contributed by atoms with E-state index in [0.717, 1.165) is 22.6 Å². The minimum atomic E-state index is -0.601. The summed E-state index contributed by atoms with van der Waals surface area (Å²) in [5.41, 5.74) is 4.34. The molecular formula is C31H30N2O5. The summed E-state index contributed by atoms with van der Waals surface area (Å²) in [6.07, 6.45) is 1.22. The third-order valence-electron chi connectivity index (χ3n) is 7.44. The van der Waals surface area contributed by atoms with Crippen molar-refractivity contribution >= 4 is 34.7 Å². The van der Waals surface area contributed by atoms with E-state index in [9.17, 15) is 14.4 Å². The summed E-state index contributed by atoms with van der Waals surface area (Å²) in [6.45, 7) is 1.82. The van der Waals surface area contributed by atoms with Gasteiger partial charge in [0.2, 0.25) is 5.91 Å². The van der Waals surface area contributed by atoms with Crippen molar-refractivity contribution in [1.82, 2.24) is 0 Å². The fourth-order valence-electron chi connectivity index (χ4n) is 5.54. The van der Waals surface area contributed by atoms with Gasteiger partial charge in [0.15, 0.2) is 0 Å². The molecule has 1 saturated carbocycles. The topological polar surface area (TPSA) is 85.3 Å². The standard InChI is InChI=1S/C31H30N2O5/c1-4-28(35)33-26-8-6-5-7-24(26)32-25-17-22(19-13-15-23(37-2)16-14-19)18-27(34)29(25)30(33)20-9-11-21(12-10-20)31(36)38-3/h5-16,22,29-30H,4,17-18H2,1-3H3. The Morgan fingerprint density at radius 3 is 2.26 bits per heavy atom. The number of benzene rings is 3. The zero-order chi connectivity index (χ0) is 26.8. The Kier molecular flexibility index (Phi) is 7.09. The molecular weight excluding hydrogens is 480 g/mol. The lowest BCUT2D eigenvalue weighted by Gasteiger charge is -2.39. The van der Waals surface area contributed by atoms with Gasteiger partial charge in [0.1, 0.15) is 11.5 Å². The molecule has 7 nitrogen and oxygen atoms in total. The molecule has 1 aliphatic heterocycles. The molecule has 7 heteroatoms. The molecule has 3 aromatic rings. The molecule has 0 radical (unpaired) electrons. The second-order valence-corrected chi connectivity index (χ2v) is 9.59. The normalized spacial score (nSPS) is 20.5. The molecule has 1 fully saturated rings. The van der Waals surface area contributed by atoms with Crippen LogP contribution in [-0.2, 0) is 14.3 Å². The highest BCUT2D eigenvalue weighted by Gasteiger charge is 2.45. The Bertz CT molecular complexity index is 1390. The number of Topliss-reactive ketones (excluding diaryl/α,β-unsaturated/α-hetero) is 1. The highest BCUT2D eigenvalue weighted by molar-refractivity contribution is 6.13. The largest absolute Gasteiger partial charge is 0.497 e. The first-order valence-electron chi connectivity index (χ1n) is 12.8. The lowest BCUT2D eigenvalue weighted by atomic mass is 9.72. The zero-order valence-electron chi connectivity index (χ0n) is 21.7. The van der Waals surface area contributed by atoms with E-state index >= 15 is 0 Å². The third-order valence-corrected chi connectivity index (χ3v) is 7.44. The highest BCUT2D eigenvalue weighted by Crippen LogP contribution is 2.47. The van der Waals surface area contributed by atoms with Gasteiger partial charge in [-0.15, -0.1) is 0 Å². The number of ketones is 1. The van der Waals surface area contributed by atoms with Gasteiger partial charge in [0.05, 0.1) is 43.1 Å². The number of aliphatic imine (C=N–C) groups is 1. The number of esters is 1. The van der Waals surface area contributed by atoms with E-state index in [-0.39, 0.29) is 24.0 Å². The lowest BCUT2D eigenvalue weighted by molar-refractivity contribution is -0.123. The van der Waals surface area contributed by atoms with Crippen molar-refractivity contribution in [2.24, 2.45) is 10.9 Å². The smallest absolute Gasteiger partial charge is 0.337 e. The van der Waals surface area contributed by atoms with Crippen molar-refractivity contribution in [2.45, 2.75) is 38.1 Å². The Labute approximate surface area is 222 Å². The van der Waals surface area contributed by atoms with Crippen LogP contribution in [0.25, 0.3) is 0 Å². The summed E-state index contributed by atoms with van der Waals surface area (Å²) in [5.74, 6) is -0.357. The molecule has 1 amide bonds. The van der Waals surface area contributed by atoms with Crippen LogP contribution in [0.5, 0.6) is 5.75 Å². The second kappa shape index (κ2) is 10.6. The van der Waals surface area contributed by atoms with Gasteiger partial charge < -0.3 is 14.4 Å². The highest BCUT2D eigenvalue weighted by atomic mass is 16.5. The number of hydrogen-bond acceptors (Lipinski definition) is 6. The van der Waals surface area contributed by atoms with E-state index < -0.39 is 17.9 Å². The summed E-state index contributed by atoms with van der Waals surface area (Å²) in [4.78, 5) is 46.3. The van der Waals surface area contributed by atoms with Crippen LogP contribution in [-0.4, -0.2) is 37.6 Å². The fraction of sp³-hybridized carbons (Fsp3) is 0.290. The molecule has 0 N–H and O–H groups in total. The summed E-state index contributed by atoms with van der Waals surface area (Å²) in [7, 11) is 2.96. The van der Waals surface area contributed by atoms with Gasteiger partial charge in [0.25, 0.3) is 0 Å². The predicted octanol–water partition coefficient (Wildman–Crippen LogP) is 5.82. The molecule has 1 heterocycles. The molecule has 0 aromatic heterocycles. The lowest BCUT2D eigenvalue weighted by Crippen LogP contribution is -2.45. The van der Waals surface area contributed by atoms with Crippen LogP contribution in [0.1, 0.15) is 59.6 Å². The molecule has 5 rings (SSSR count). The maximum absolute atomic E-state index is 14.0. The second-order valence-electron chi connectivity index (χ2n) is 9.59. The van der Waals surface area contributed by atoms with Gasteiger partial charge in [-0.2, -0.15) is 0 Å². The van der Waals surface area contributed by atoms with Crippen molar-refractivity contribution in [3.63, 3.8) is 0 Å². The molecule has 1 aliphatic carbocycles. The number of rotatable bonds is 5. The summed E-state index contributed by atoms with van der Waals surface area (Å²) in [6, 6.07) is 21.7. The number of fused-ring (bicyclic) bond motifs is 2. The van der Waals surface area contributed by atoms with E-state index in [1.54, 1.807) is 36.3 Å². The van der Waals surface area contributed by atoms with Crippen molar-refractivity contribution in [3.05, 3.63) is 89.5 Å². The number of nitrogens with zero attached hydrogens (tertiary/aromatic N) is 2. The average Bonchev–Trinajstić information content (AvgIpc) is 3.11. The molecule has 3 aromatic carbocycles. The molecule has 38 heavy (non-hydrogen) atoms. The van der Waals surface area contributed by atoms with Gasteiger partial charge in [-0.05, 0) is 59.9 Å². The van der Waals surface area contributed by atoms with Crippen molar-refractivity contribution in [3.8, 4) is 5.75 Å². The minimum Gasteiger partial charge on any atom is -0.497 e. The van der Waals surface area contributed by atoms with Crippen LogP contribution in [0, 0.1) is 5.92 Å². The summed E-state index contributed by atoms with van der Waals surface area (Å²) in [5, 5.41) is 0. The fourth-order valence-corrected chi connectivity index (χ4v) is 5.54. The maximum Gasteiger partial charge on any atom is 0.337 e. The first kappa shape index (κ1) is 25.4. The number of amides is 1. The number of methoxy groups -OCH3 is 2. The number of para-hydroxylation sites is 2. The monoisotopic (exact) mass is 510 g/mol. The quantitative estimate of drug-likeness (QED) is 0.404. The Morgan fingerprint density at radius 2 is 1.61 bits per heavy atom. The number of anilines is 1. The van der Waals surface area contributed by atoms with E-state index in [1.165, 1.54) is 7.11 Å². The van der Waals surface area contributed by atoms with Gasteiger partial charge >= 0.3 is 5.97 Å². The van der Waals surface area contributed by atoms with Gasteiger partial charge in [-0.3, -0.25) is 14.6 Å². The minimum absolute atomic E-state index is 0.0219. The number of carbonyl (C=O) groups is 3. The molecule has 3 atom stereocenters. The van der Waals surface area contributed by atoms with Gasteiger partial charge in [-0.25, -0.2) is 4.79 Å². The van der Waals surface area contributed by atoms with E-state index in [1.807, 2.05) is 55.5 Å². The Hall–Kier alpha value is -4.26. The summed E-state index contributed by atoms with van der Waals surface area (Å²) >= 11 is 0. The molecule has 0 bridgehead atoms. The van der Waals surface area contributed by atoms with Gasteiger partial charge in [0, 0.05) is 18.6 Å². The van der Waals surface area contributed by atoms with Crippen molar-refractivity contribution < 1.29 is 23.9 Å². The molecule has 0 spiro atoms. The van der Waals surface area contributed by atoms with Crippen LogP contribution in [0.4, 0.5) is 11.4 Å². The number of ether oxygens (including phenoxy) is 2. The van der Waals surface area contributed by atoms with Crippen LogP contribution in [0.15, 0.2) is 77.8 Å². The molecule has 0 saturated heterocycles. The maximum atomic E-state index is 14.0. The number of hydrogen-bond donors (Lipinski definition) is 0. The summed E-state index contributed by atoms with van der Waals surface area (Å²) < 4.78 is 10.2. The molecule has 3 unspecified atom stereocenters. The van der Waals surface area contributed by atoms with Crippen LogP contribution >= 0.6 is 0 Å². The Morgan fingerprint density at radius 1 is 0.921 bits per heavy atom. The SMILES string of the molecule is CCC(=O)N1c2ccccc2N=C2CC(c3ccc(OC)cc3)CC(=O)C2C1c1ccc(C(=O)OC)cc1. The third kappa shape index (κ3) is 4.60.